The number of rotatable bonds is 4. The maximum Gasteiger partial charge on any atom is 0.261 e. The van der Waals surface area contributed by atoms with Crippen molar-refractivity contribution in [2.75, 3.05) is 33.4 Å². The standard InChI is InChI=1S/C34H34N8O6/c1-22-32-38-31(23-8-4-3-5-9-23)39-42(32)16-17-48-28-18-24(12-13-27(28)47-2)33(45)35-14-15-40(19-29(43)37-22)30(44)20-41-21-36-26-11-7-6-10-25(26)34(41)46/h3-13,18,21-22H,14-17,19-20H2,1-2H3,(H,35,45)(H,37,43)/t22-/m1/s1. The van der Waals surface area contributed by atoms with Crippen LogP contribution in [-0.4, -0.2) is 80.3 Å². The van der Waals surface area contributed by atoms with Gasteiger partial charge in [0.25, 0.3) is 11.5 Å². The van der Waals surface area contributed by atoms with Crippen molar-refractivity contribution < 1.29 is 23.9 Å². The van der Waals surface area contributed by atoms with Gasteiger partial charge in [-0.15, -0.1) is 0 Å². The average Bonchev–Trinajstić information content (AvgIpc) is 3.53. The lowest BCUT2D eigenvalue weighted by molar-refractivity contribution is -0.136. The first-order valence-corrected chi connectivity index (χ1v) is 15.4. The van der Waals surface area contributed by atoms with Crippen molar-refractivity contribution in [2.45, 2.75) is 26.1 Å². The van der Waals surface area contributed by atoms with Crippen molar-refractivity contribution in [2.24, 2.45) is 0 Å². The zero-order valence-corrected chi connectivity index (χ0v) is 26.5. The van der Waals surface area contributed by atoms with Crippen LogP contribution in [0.4, 0.5) is 0 Å². The second-order valence-corrected chi connectivity index (χ2v) is 11.2. The average molecular weight is 651 g/mol. The molecule has 14 nitrogen and oxygen atoms in total. The first-order valence-electron chi connectivity index (χ1n) is 15.4. The highest BCUT2D eigenvalue weighted by molar-refractivity contribution is 5.95. The Balaban J connectivity index is 1.30. The quantitative estimate of drug-likeness (QED) is 0.297. The highest BCUT2D eigenvalue weighted by atomic mass is 16.5. The van der Waals surface area contributed by atoms with Crippen molar-refractivity contribution >= 4 is 28.6 Å². The number of amides is 3. The number of carbonyl (C=O) groups excluding carboxylic acids is 3. The first-order chi connectivity index (χ1) is 23.3. The van der Waals surface area contributed by atoms with E-state index in [4.69, 9.17) is 19.6 Å². The molecule has 0 radical (unpaired) electrons. The molecule has 6 rings (SSSR count). The van der Waals surface area contributed by atoms with Crippen molar-refractivity contribution in [3.8, 4) is 22.9 Å². The third kappa shape index (κ3) is 7.02. The molecular formula is C34H34N8O6. The molecule has 0 saturated heterocycles. The molecule has 3 heterocycles. The minimum absolute atomic E-state index is 0.00398. The maximum absolute atomic E-state index is 13.6. The van der Waals surface area contributed by atoms with E-state index in [1.54, 1.807) is 54.1 Å². The van der Waals surface area contributed by atoms with Gasteiger partial charge in [-0.25, -0.2) is 14.6 Å². The number of nitrogens with zero attached hydrogens (tertiary/aromatic N) is 6. The van der Waals surface area contributed by atoms with E-state index in [0.717, 1.165) is 5.56 Å². The Hall–Kier alpha value is -6.05. The fourth-order valence-corrected chi connectivity index (χ4v) is 5.41. The van der Waals surface area contributed by atoms with E-state index in [1.807, 2.05) is 30.3 Å². The predicted molar refractivity (Wildman–Crippen MR) is 175 cm³/mol. The van der Waals surface area contributed by atoms with Gasteiger partial charge < -0.3 is 25.0 Å². The Kier molecular flexibility index (Phi) is 9.41. The topological polar surface area (TPSA) is 163 Å². The van der Waals surface area contributed by atoms with Crippen LogP contribution in [0.2, 0.25) is 0 Å². The van der Waals surface area contributed by atoms with Crippen LogP contribution in [0.1, 0.15) is 29.1 Å². The first kappa shape index (κ1) is 31.9. The molecule has 1 aliphatic heterocycles. The van der Waals surface area contributed by atoms with E-state index in [0.29, 0.717) is 39.6 Å². The van der Waals surface area contributed by atoms with Gasteiger partial charge in [0, 0.05) is 24.2 Å². The number of para-hydroxylation sites is 1. The minimum Gasteiger partial charge on any atom is -0.493 e. The van der Waals surface area contributed by atoms with Gasteiger partial charge in [-0.1, -0.05) is 42.5 Å². The highest BCUT2D eigenvalue weighted by Gasteiger charge is 2.24. The van der Waals surface area contributed by atoms with Crippen LogP contribution < -0.4 is 25.7 Å². The van der Waals surface area contributed by atoms with E-state index >= 15 is 0 Å². The van der Waals surface area contributed by atoms with Gasteiger partial charge in [0.05, 0.1) is 43.5 Å². The van der Waals surface area contributed by atoms with Gasteiger partial charge in [-0.3, -0.25) is 23.7 Å². The molecule has 1 aliphatic rings. The SMILES string of the molecule is COc1ccc2cc1OCCn1nc(-c3ccccc3)nc1[C@@H](C)NC(=O)CN(C(=O)Cn1cnc3ccccc3c1=O)CCNC2=O. The highest BCUT2D eigenvalue weighted by Crippen LogP contribution is 2.28. The van der Waals surface area contributed by atoms with E-state index < -0.39 is 23.8 Å². The van der Waals surface area contributed by atoms with Crippen LogP contribution in [-0.2, 0) is 22.7 Å². The number of methoxy groups -OCH3 is 1. The van der Waals surface area contributed by atoms with E-state index in [1.165, 1.54) is 22.9 Å². The molecule has 5 aromatic rings. The summed E-state index contributed by atoms with van der Waals surface area (Å²) >= 11 is 0. The second kappa shape index (κ2) is 14.2. The molecule has 3 aromatic carbocycles. The third-order valence-corrected chi connectivity index (χ3v) is 7.88. The third-order valence-electron chi connectivity index (χ3n) is 7.88. The van der Waals surface area contributed by atoms with Crippen molar-refractivity contribution in [1.82, 2.24) is 39.8 Å². The van der Waals surface area contributed by atoms with Crippen molar-refractivity contribution in [3.05, 3.63) is 101 Å². The lowest BCUT2D eigenvalue weighted by Crippen LogP contribution is -2.46. The summed E-state index contributed by atoms with van der Waals surface area (Å²) in [6, 6.07) is 20.5. The largest absolute Gasteiger partial charge is 0.493 e. The molecule has 2 bridgehead atoms. The summed E-state index contributed by atoms with van der Waals surface area (Å²) in [5, 5.41) is 10.8. The Morgan fingerprint density at radius 1 is 1.00 bits per heavy atom. The Bertz CT molecular complexity index is 2030. The number of fused-ring (bicyclic) bond motifs is 4. The van der Waals surface area contributed by atoms with E-state index in [2.05, 4.69) is 15.6 Å². The van der Waals surface area contributed by atoms with Gasteiger partial charge in [0.2, 0.25) is 11.8 Å². The van der Waals surface area contributed by atoms with Crippen LogP contribution in [0.15, 0.2) is 83.9 Å². The van der Waals surface area contributed by atoms with Gasteiger partial charge in [0.15, 0.2) is 17.3 Å². The molecule has 48 heavy (non-hydrogen) atoms. The molecule has 0 spiro atoms. The summed E-state index contributed by atoms with van der Waals surface area (Å²) in [4.78, 5) is 63.6. The number of hydrogen-bond acceptors (Lipinski definition) is 9. The molecule has 0 fully saturated rings. The fourth-order valence-electron chi connectivity index (χ4n) is 5.41. The van der Waals surface area contributed by atoms with Crippen LogP contribution in [0.3, 0.4) is 0 Å². The number of carbonyl (C=O) groups is 3. The zero-order chi connectivity index (χ0) is 33.6. The van der Waals surface area contributed by atoms with E-state index in [9.17, 15) is 19.2 Å². The predicted octanol–water partition coefficient (Wildman–Crippen LogP) is 2.19. The Labute approximate surface area is 275 Å². The molecular weight excluding hydrogens is 616 g/mol. The Morgan fingerprint density at radius 2 is 1.79 bits per heavy atom. The Morgan fingerprint density at radius 3 is 2.60 bits per heavy atom. The molecule has 246 valence electrons. The van der Waals surface area contributed by atoms with Crippen LogP contribution >= 0.6 is 0 Å². The maximum atomic E-state index is 13.6. The number of ether oxygens (including phenoxy) is 2. The second-order valence-electron chi connectivity index (χ2n) is 11.2. The summed E-state index contributed by atoms with van der Waals surface area (Å²) in [6.07, 6.45) is 1.31. The summed E-state index contributed by atoms with van der Waals surface area (Å²) in [5.74, 6) is 0.412. The summed E-state index contributed by atoms with van der Waals surface area (Å²) in [6.45, 7) is 1.57. The molecule has 0 saturated carbocycles. The lowest BCUT2D eigenvalue weighted by Gasteiger charge is -2.24. The van der Waals surface area contributed by atoms with Gasteiger partial charge in [0.1, 0.15) is 19.0 Å². The molecule has 3 amide bonds. The van der Waals surface area contributed by atoms with Crippen LogP contribution in [0, 0.1) is 0 Å². The molecule has 1 atom stereocenters. The molecule has 14 heteroatoms. The van der Waals surface area contributed by atoms with Crippen LogP contribution in [0.5, 0.6) is 11.5 Å². The smallest absolute Gasteiger partial charge is 0.261 e. The number of aromatic nitrogens is 5. The fraction of sp³-hybridized carbons (Fsp3) is 0.265. The molecule has 0 unspecified atom stereocenters. The normalized spacial score (nSPS) is 15.9. The van der Waals surface area contributed by atoms with Crippen molar-refractivity contribution in [1.29, 1.82) is 0 Å². The number of benzene rings is 3. The van der Waals surface area contributed by atoms with Crippen LogP contribution in [0.25, 0.3) is 22.3 Å². The van der Waals surface area contributed by atoms with Gasteiger partial charge in [-0.05, 0) is 37.3 Å². The minimum atomic E-state index is -0.597. The zero-order valence-electron chi connectivity index (χ0n) is 26.5. The molecule has 2 aromatic heterocycles. The van der Waals surface area contributed by atoms with Crippen molar-refractivity contribution in [3.63, 3.8) is 0 Å². The summed E-state index contributed by atoms with van der Waals surface area (Å²) in [7, 11) is 1.51. The molecule has 2 N–H and O–H groups in total. The summed E-state index contributed by atoms with van der Waals surface area (Å²) < 4.78 is 14.4. The van der Waals surface area contributed by atoms with Gasteiger partial charge in [-0.2, -0.15) is 5.10 Å². The van der Waals surface area contributed by atoms with E-state index in [-0.39, 0.29) is 44.9 Å². The molecule has 0 aliphatic carbocycles. The lowest BCUT2D eigenvalue weighted by atomic mass is 10.2. The summed E-state index contributed by atoms with van der Waals surface area (Å²) in [5.41, 5.74) is 1.26. The van der Waals surface area contributed by atoms with Gasteiger partial charge >= 0.3 is 0 Å². The monoisotopic (exact) mass is 650 g/mol. The number of hydrogen-bond donors (Lipinski definition) is 2. The number of nitrogens with one attached hydrogen (secondary N) is 2.